The Balaban J connectivity index is 1.94. The lowest BCUT2D eigenvalue weighted by molar-refractivity contribution is -0.0430. The molecular formula is C11H21NO2. The topological polar surface area (TPSA) is 55.5 Å². The van der Waals surface area contributed by atoms with Gasteiger partial charge in [-0.05, 0) is 13.3 Å². The molecule has 2 fully saturated rings. The van der Waals surface area contributed by atoms with Crippen molar-refractivity contribution in [1.82, 2.24) is 0 Å². The molecule has 0 spiro atoms. The van der Waals surface area contributed by atoms with Gasteiger partial charge in [0.05, 0.1) is 18.3 Å². The van der Waals surface area contributed by atoms with Crippen LogP contribution in [0.25, 0.3) is 0 Å². The molecule has 1 aliphatic heterocycles. The van der Waals surface area contributed by atoms with Gasteiger partial charge in [-0.3, -0.25) is 0 Å². The van der Waals surface area contributed by atoms with Gasteiger partial charge in [0.25, 0.3) is 0 Å². The molecule has 1 aliphatic carbocycles. The molecule has 3 heteroatoms. The summed E-state index contributed by atoms with van der Waals surface area (Å²) >= 11 is 0. The molecule has 6 atom stereocenters. The fourth-order valence-electron chi connectivity index (χ4n) is 2.72. The monoisotopic (exact) mass is 199 g/mol. The minimum atomic E-state index is -0.293. The summed E-state index contributed by atoms with van der Waals surface area (Å²) < 4.78 is 5.72. The van der Waals surface area contributed by atoms with Crippen molar-refractivity contribution in [3.05, 3.63) is 0 Å². The number of aliphatic hydroxyl groups is 1. The number of nitrogens with two attached hydrogens (primary N) is 1. The van der Waals surface area contributed by atoms with Crippen LogP contribution in [-0.2, 0) is 4.74 Å². The molecule has 0 bridgehead atoms. The SMILES string of the molecule is CCCCC1C(C)OC2C(O)C2C1N. The molecule has 3 N–H and O–H groups in total. The fraction of sp³-hybridized carbons (Fsp3) is 1.00. The molecule has 0 aromatic rings. The number of rotatable bonds is 3. The average molecular weight is 199 g/mol. The highest BCUT2D eigenvalue weighted by atomic mass is 16.5. The van der Waals surface area contributed by atoms with Crippen molar-refractivity contribution >= 4 is 0 Å². The van der Waals surface area contributed by atoms with Gasteiger partial charge < -0.3 is 15.6 Å². The van der Waals surface area contributed by atoms with Crippen molar-refractivity contribution in [1.29, 1.82) is 0 Å². The first-order valence-electron chi connectivity index (χ1n) is 5.76. The third-order valence-electron chi connectivity index (χ3n) is 3.77. The van der Waals surface area contributed by atoms with Crippen molar-refractivity contribution in [3.63, 3.8) is 0 Å². The predicted molar refractivity (Wildman–Crippen MR) is 54.8 cm³/mol. The van der Waals surface area contributed by atoms with Gasteiger partial charge in [0.15, 0.2) is 0 Å². The van der Waals surface area contributed by atoms with Crippen LogP contribution < -0.4 is 5.73 Å². The molecule has 0 amide bonds. The van der Waals surface area contributed by atoms with Crippen molar-refractivity contribution in [2.45, 2.75) is 57.5 Å². The van der Waals surface area contributed by atoms with Gasteiger partial charge in [0.1, 0.15) is 0 Å². The zero-order valence-corrected chi connectivity index (χ0v) is 9.02. The number of hydrogen-bond donors (Lipinski definition) is 2. The summed E-state index contributed by atoms with van der Waals surface area (Å²) in [6, 6.07) is 0.144. The molecule has 2 rings (SSSR count). The Labute approximate surface area is 85.6 Å². The molecule has 1 saturated carbocycles. The fourth-order valence-corrected chi connectivity index (χ4v) is 2.72. The Bertz CT molecular complexity index is 209. The molecule has 2 aliphatic rings. The van der Waals surface area contributed by atoms with Gasteiger partial charge in [-0.15, -0.1) is 0 Å². The zero-order chi connectivity index (χ0) is 10.3. The van der Waals surface area contributed by atoms with Crippen LogP contribution in [-0.4, -0.2) is 29.5 Å². The van der Waals surface area contributed by atoms with Gasteiger partial charge in [0, 0.05) is 17.9 Å². The molecule has 0 aromatic heterocycles. The molecule has 1 saturated heterocycles. The van der Waals surface area contributed by atoms with E-state index < -0.39 is 0 Å². The lowest BCUT2D eigenvalue weighted by atomic mass is 9.85. The molecule has 14 heavy (non-hydrogen) atoms. The summed E-state index contributed by atoms with van der Waals surface area (Å²) in [6.07, 6.45) is 3.51. The van der Waals surface area contributed by atoms with Crippen molar-refractivity contribution in [2.24, 2.45) is 17.6 Å². The van der Waals surface area contributed by atoms with E-state index in [0.717, 1.165) is 6.42 Å². The van der Waals surface area contributed by atoms with E-state index in [1.807, 2.05) is 0 Å². The molecule has 3 nitrogen and oxygen atoms in total. The number of unbranched alkanes of at least 4 members (excludes halogenated alkanes) is 1. The number of ether oxygens (including phenoxy) is 1. The van der Waals surface area contributed by atoms with Gasteiger partial charge in [0.2, 0.25) is 0 Å². The Hall–Kier alpha value is -0.120. The van der Waals surface area contributed by atoms with Crippen molar-refractivity contribution in [3.8, 4) is 0 Å². The lowest BCUT2D eigenvalue weighted by Crippen LogP contribution is -2.44. The lowest BCUT2D eigenvalue weighted by Gasteiger charge is -2.33. The van der Waals surface area contributed by atoms with E-state index in [0.29, 0.717) is 5.92 Å². The number of fused-ring (bicyclic) bond motifs is 1. The minimum Gasteiger partial charge on any atom is -0.390 e. The van der Waals surface area contributed by atoms with E-state index in [9.17, 15) is 5.11 Å². The predicted octanol–water partition coefficient (Wildman–Crippen LogP) is 0.898. The Morgan fingerprint density at radius 3 is 2.79 bits per heavy atom. The Morgan fingerprint density at radius 1 is 1.43 bits per heavy atom. The largest absolute Gasteiger partial charge is 0.390 e. The maximum Gasteiger partial charge on any atom is 0.0910 e. The second-order valence-electron chi connectivity index (χ2n) is 4.76. The minimum absolute atomic E-state index is 0.0397. The second kappa shape index (κ2) is 3.80. The van der Waals surface area contributed by atoms with Crippen LogP contribution in [0.15, 0.2) is 0 Å². The normalized spacial score (nSPS) is 51.4. The van der Waals surface area contributed by atoms with Gasteiger partial charge in [-0.25, -0.2) is 0 Å². The molecule has 82 valence electrons. The highest BCUT2D eigenvalue weighted by Gasteiger charge is 2.59. The Morgan fingerprint density at radius 2 is 2.14 bits per heavy atom. The van der Waals surface area contributed by atoms with Gasteiger partial charge >= 0.3 is 0 Å². The third kappa shape index (κ3) is 1.58. The van der Waals surface area contributed by atoms with Crippen LogP contribution in [0.4, 0.5) is 0 Å². The first-order valence-corrected chi connectivity index (χ1v) is 5.76. The number of hydrogen-bond acceptors (Lipinski definition) is 3. The summed E-state index contributed by atoms with van der Waals surface area (Å²) in [5.74, 6) is 0.654. The average Bonchev–Trinajstić information content (AvgIpc) is 2.77. The summed E-state index contributed by atoms with van der Waals surface area (Å²) in [5.41, 5.74) is 6.15. The van der Waals surface area contributed by atoms with Crippen LogP contribution >= 0.6 is 0 Å². The number of aliphatic hydroxyl groups excluding tert-OH is 1. The molecule has 0 aromatic carbocycles. The van der Waals surface area contributed by atoms with Gasteiger partial charge in [-0.1, -0.05) is 19.8 Å². The summed E-state index contributed by atoms with van der Waals surface area (Å²) in [5, 5.41) is 9.55. The maximum absolute atomic E-state index is 9.55. The Kier molecular flexibility index (Phi) is 2.82. The first-order chi connectivity index (χ1) is 6.66. The van der Waals surface area contributed by atoms with Gasteiger partial charge in [-0.2, -0.15) is 0 Å². The van der Waals surface area contributed by atoms with E-state index in [-0.39, 0.29) is 30.3 Å². The molecule has 6 unspecified atom stereocenters. The molecule has 0 radical (unpaired) electrons. The van der Waals surface area contributed by atoms with E-state index in [2.05, 4.69) is 13.8 Å². The van der Waals surface area contributed by atoms with Crippen LogP contribution in [0.2, 0.25) is 0 Å². The summed E-state index contributed by atoms with van der Waals surface area (Å²) in [7, 11) is 0. The molecular weight excluding hydrogens is 178 g/mol. The second-order valence-corrected chi connectivity index (χ2v) is 4.76. The third-order valence-corrected chi connectivity index (χ3v) is 3.77. The summed E-state index contributed by atoms with van der Waals surface area (Å²) in [6.45, 7) is 4.27. The van der Waals surface area contributed by atoms with Crippen LogP contribution in [0.1, 0.15) is 33.1 Å². The highest BCUT2D eigenvalue weighted by Crippen LogP contribution is 2.46. The zero-order valence-electron chi connectivity index (χ0n) is 9.02. The van der Waals surface area contributed by atoms with Crippen LogP contribution in [0, 0.1) is 11.8 Å². The van der Waals surface area contributed by atoms with E-state index in [1.165, 1.54) is 12.8 Å². The molecule has 1 heterocycles. The van der Waals surface area contributed by atoms with Crippen molar-refractivity contribution < 1.29 is 9.84 Å². The summed E-state index contributed by atoms with van der Waals surface area (Å²) in [4.78, 5) is 0. The highest BCUT2D eigenvalue weighted by molar-refractivity contribution is 5.10. The van der Waals surface area contributed by atoms with Crippen molar-refractivity contribution in [2.75, 3.05) is 0 Å². The maximum atomic E-state index is 9.55. The smallest absolute Gasteiger partial charge is 0.0910 e. The van der Waals surface area contributed by atoms with Crippen LogP contribution in [0.3, 0.4) is 0 Å². The first kappa shape index (κ1) is 10.4. The van der Waals surface area contributed by atoms with E-state index >= 15 is 0 Å². The standard InChI is InChI=1S/C11H21NO2/c1-3-4-5-7-6(2)14-11-8(9(7)12)10(11)13/h6-11,13H,3-5,12H2,1-2H3. The van der Waals surface area contributed by atoms with E-state index in [4.69, 9.17) is 10.5 Å². The van der Waals surface area contributed by atoms with E-state index in [1.54, 1.807) is 0 Å². The quantitative estimate of drug-likeness (QED) is 0.710. The van der Waals surface area contributed by atoms with Crippen LogP contribution in [0.5, 0.6) is 0 Å².